The van der Waals surface area contributed by atoms with Gasteiger partial charge in [-0.25, -0.2) is 12.7 Å². The summed E-state index contributed by atoms with van der Waals surface area (Å²) in [4.78, 5) is 0. The fourth-order valence-electron chi connectivity index (χ4n) is 1.45. The highest BCUT2D eigenvalue weighted by Gasteiger charge is 2.18. The Morgan fingerprint density at radius 3 is 2.65 bits per heavy atom. The molecule has 1 aromatic rings. The minimum absolute atomic E-state index is 0.146. The zero-order valence-corrected chi connectivity index (χ0v) is 11.7. The third-order valence-electron chi connectivity index (χ3n) is 2.62. The highest BCUT2D eigenvalue weighted by molar-refractivity contribution is 7.89. The molecule has 0 amide bonds. The van der Waals surface area contributed by atoms with E-state index in [0.717, 1.165) is 17.7 Å². The number of nitrogens with zero attached hydrogens (tertiary/aromatic N) is 1. The average Bonchev–Trinajstić information content (AvgIpc) is 2.64. The lowest BCUT2D eigenvalue weighted by atomic mass is 10.3. The van der Waals surface area contributed by atoms with Crippen LogP contribution in [-0.2, 0) is 16.6 Å². The Kier molecular flexibility index (Phi) is 5.49. The quantitative estimate of drug-likeness (QED) is 0.569. The fourth-order valence-corrected chi connectivity index (χ4v) is 2.85. The number of hydrogen-bond donors (Lipinski definition) is 0. The monoisotopic (exact) mass is 279 g/mol. The average molecular weight is 280 g/mol. The van der Waals surface area contributed by atoms with Gasteiger partial charge in [-0.05, 0) is 25.8 Å². The number of halogens is 1. The van der Waals surface area contributed by atoms with Crippen molar-refractivity contribution in [1.82, 2.24) is 4.31 Å². The van der Waals surface area contributed by atoms with Crippen LogP contribution in [0, 0.1) is 6.92 Å². The summed E-state index contributed by atoms with van der Waals surface area (Å²) in [6.07, 6.45) is 2.89. The van der Waals surface area contributed by atoms with Gasteiger partial charge in [-0.3, -0.25) is 0 Å². The van der Waals surface area contributed by atoms with Gasteiger partial charge in [0.25, 0.3) is 0 Å². The predicted octanol–water partition coefficient (Wildman–Crippen LogP) is 2.37. The third-order valence-corrected chi connectivity index (χ3v) is 4.77. The van der Waals surface area contributed by atoms with Gasteiger partial charge in [0, 0.05) is 25.0 Å². The van der Waals surface area contributed by atoms with E-state index in [2.05, 4.69) is 0 Å². The molecule has 0 radical (unpaired) electrons. The molecule has 98 valence electrons. The molecule has 0 saturated carbocycles. The maximum atomic E-state index is 11.9. The SMILES string of the molecule is Cc1occc1CN(C)S(=O)(=O)CCCCCl. The van der Waals surface area contributed by atoms with E-state index < -0.39 is 10.0 Å². The van der Waals surface area contributed by atoms with Crippen molar-refractivity contribution in [3.8, 4) is 0 Å². The number of hydrogen-bond acceptors (Lipinski definition) is 3. The van der Waals surface area contributed by atoms with Crippen molar-refractivity contribution >= 4 is 21.6 Å². The zero-order chi connectivity index (χ0) is 12.9. The molecule has 4 nitrogen and oxygen atoms in total. The highest BCUT2D eigenvalue weighted by atomic mass is 35.5. The van der Waals surface area contributed by atoms with E-state index in [1.807, 2.05) is 6.92 Å². The summed E-state index contributed by atoms with van der Waals surface area (Å²) >= 11 is 5.53. The summed E-state index contributed by atoms with van der Waals surface area (Å²) in [5, 5.41) is 0. The molecule has 0 aliphatic rings. The number of alkyl halides is 1. The van der Waals surface area contributed by atoms with Gasteiger partial charge in [0.05, 0.1) is 12.0 Å². The lowest BCUT2D eigenvalue weighted by molar-refractivity contribution is 0.457. The molecule has 17 heavy (non-hydrogen) atoms. The van der Waals surface area contributed by atoms with E-state index in [9.17, 15) is 8.42 Å². The summed E-state index contributed by atoms with van der Waals surface area (Å²) in [5.74, 6) is 1.40. The van der Waals surface area contributed by atoms with E-state index in [4.69, 9.17) is 16.0 Å². The first-order valence-electron chi connectivity index (χ1n) is 5.50. The molecule has 0 aliphatic heterocycles. The second-order valence-electron chi connectivity index (χ2n) is 3.97. The molecule has 0 saturated heterocycles. The summed E-state index contributed by atoms with van der Waals surface area (Å²) in [7, 11) is -1.61. The molecule has 1 rings (SSSR count). The van der Waals surface area contributed by atoms with E-state index >= 15 is 0 Å². The number of furan rings is 1. The lowest BCUT2D eigenvalue weighted by Gasteiger charge is -2.16. The van der Waals surface area contributed by atoms with Crippen LogP contribution in [0.4, 0.5) is 0 Å². The van der Waals surface area contributed by atoms with Crippen LogP contribution in [0.25, 0.3) is 0 Å². The van der Waals surface area contributed by atoms with Crippen molar-refractivity contribution in [1.29, 1.82) is 0 Å². The predicted molar refractivity (Wildman–Crippen MR) is 68.7 cm³/mol. The number of sulfonamides is 1. The van der Waals surface area contributed by atoms with Crippen LogP contribution in [0.3, 0.4) is 0 Å². The summed E-state index contributed by atoms with van der Waals surface area (Å²) in [6, 6.07) is 1.79. The van der Waals surface area contributed by atoms with Gasteiger partial charge in [0.15, 0.2) is 0 Å². The molecule has 6 heteroatoms. The number of rotatable bonds is 7. The van der Waals surface area contributed by atoms with Crippen LogP contribution in [0.5, 0.6) is 0 Å². The van der Waals surface area contributed by atoms with E-state index in [-0.39, 0.29) is 5.75 Å². The van der Waals surface area contributed by atoms with Crippen molar-refractivity contribution in [2.24, 2.45) is 0 Å². The van der Waals surface area contributed by atoms with Crippen LogP contribution >= 0.6 is 11.6 Å². The molecular weight excluding hydrogens is 262 g/mol. The summed E-state index contributed by atoms with van der Waals surface area (Å²) in [5.41, 5.74) is 0.897. The molecule has 1 heterocycles. The zero-order valence-electron chi connectivity index (χ0n) is 10.1. The van der Waals surface area contributed by atoms with Crippen molar-refractivity contribution in [2.75, 3.05) is 18.7 Å². The van der Waals surface area contributed by atoms with Crippen molar-refractivity contribution in [3.63, 3.8) is 0 Å². The Balaban J connectivity index is 2.57. The second kappa shape index (κ2) is 6.42. The Morgan fingerprint density at radius 2 is 2.12 bits per heavy atom. The first-order chi connectivity index (χ1) is 7.97. The van der Waals surface area contributed by atoms with Crippen LogP contribution in [-0.4, -0.2) is 31.4 Å². The van der Waals surface area contributed by atoms with E-state index in [1.165, 1.54) is 4.31 Å². The molecule has 0 fully saturated rings. The third kappa shape index (κ3) is 4.33. The maximum absolute atomic E-state index is 11.9. The Morgan fingerprint density at radius 1 is 1.41 bits per heavy atom. The maximum Gasteiger partial charge on any atom is 0.214 e. The molecule has 0 spiro atoms. The van der Waals surface area contributed by atoms with E-state index in [0.29, 0.717) is 18.8 Å². The standard InChI is InChI=1S/C11H18ClNO3S/c1-10-11(5-7-16-10)9-13(2)17(14,15)8-4-3-6-12/h5,7H,3-4,6,8-9H2,1-2H3. The van der Waals surface area contributed by atoms with Gasteiger partial charge in [-0.15, -0.1) is 11.6 Å². The second-order valence-corrected chi connectivity index (χ2v) is 6.54. The molecule has 0 aromatic carbocycles. The van der Waals surface area contributed by atoms with Crippen LogP contribution in [0.1, 0.15) is 24.2 Å². The summed E-state index contributed by atoms with van der Waals surface area (Å²) < 4.78 is 30.3. The molecule has 0 aliphatic carbocycles. The van der Waals surface area contributed by atoms with Gasteiger partial charge < -0.3 is 4.42 Å². The van der Waals surface area contributed by atoms with Crippen molar-refractivity contribution < 1.29 is 12.8 Å². The van der Waals surface area contributed by atoms with Gasteiger partial charge in [-0.2, -0.15) is 0 Å². The topological polar surface area (TPSA) is 50.5 Å². The Labute approximate surface area is 108 Å². The molecule has 0 unspecified atom stereocenters. The molecular formula is C11H18ClNO3S. The first kappa shape index (κ1) is 14.5. The minimum Gasteiger partial charge on any atom is -0.469 e. The van der Waals surface area contributed by atoms with E-state index in [1.54, 1.807) is 19.4 Å². The summed E-state index contributed by atoms with van der Waals surface area (Å²) in [6.45, 7) is 2.18. The van der Waals surface area contributed by atoms with Crippen LogP contribution < -0.4 is 0 Å². The Hall–Kier alpha value is -0.520. The molecule has 0 bridgehead atoms. The largest absolute Gasteiger partial charge is 0.469 e. The normalized spacial score (nSPS) is 12.2. The molecule has 0 atom stereocenters. The number of unbranched alkanes of at least 4 members (excludes halogenated alkanes) is 1. The molecule has 0 N–H and O–H groups in total. The molecule has 1 aromatic heterocycles. The lowest BCUT2D eigenvalue weighted by Crippen LogP contribution is -2.28. The van der Waals surface area contributed by atoms with Gasteiger partial charge in [0.2, 0.25) is 10.0 Å². The van der Waals surface area contributed by atoms with Gasteiger partial charge >= 0.3 is 0 Å². The van der Waals surface area contributed by atoms with Crippen LogP contribution in [0.2, 0.25) is 0 Å². The van der Waals surface area contributed by atoms with Crippen molar-refractivity contribution in [2.45, 2.75) is 26.3 Å². The highest BCUT2D eigenvalue weighted by Crippen LogP contribution is 2.14. The van der Waals surface area contributed by atoms with Crippen molar-refractivity contribution in [3.05, 3.63) is 23.7 Å². The van der Waals surface area contributed by atoms with Crippen LogP contribution in [0.15, 0.2) is 16.7 Å². The Bertz CT molecular complexity index is 441. The first-order valence-corrected chi connectivity index (χ1v) is 7.64. The van der Waals surface area contributed by atoms with Gasteiger partial charge in [0.1, 0.15) is 5.76 Å². The number of aryl methyl sites for hydroxylation is 1. The smallest absolute Gasteiger partial charge is 0.214 e. The minimum atomic E-state index is -3.19. The van der Waals surface area contributed by atoms with Gasteiger partial charge in [-0.1, -0.05) is 0 Å². The fraction of sp³-hybridized carbons (Fsp3) is 0.636.